The first-order valence-electron chi connectivity index (χ1n) is 6.68. The van der Waals surface area contributed by atoms with E-state index >= 15 is 0 Å². The van der Waals surface area contributed by atoms with E-state index in [1.807, 2.05) is 18.2 Å². The third-order valence-corrected chi connectivity index (χ3v) is 2.87. The minimum atomic E-state index is -0.0829. The Balaban J connectivity index is 2.94. The normalized spacial score (nSPS) is 10.3. The monoisotopic (exact) mass is 280 g/mol. The van der Waals surface area contributed by atoms with E-state index in [9.17, 15) is 4.79 Å². The van der Waals surface area contributed by atoms with Gasteiger partial charge in [-0.2, -0.15) is 0 Å². The Bertz CT molecular complexity index is 424. The van der Waals surface area contributed by atoms with Crippen molar-refractivity contribution in [2.24, 2.45) is 5.92 Å². The van der Waals surface area contributed by atoms with Crippen molar-refractivity contribution in [1.82, 2.24) is 10.2 Å². The van der Waals surface area contributed by atoms with Crippen LogP contribution < -0.4 is 14.8 Å². The van der Waals surface area contributed by atoms with Gasteiger partial charge >= 0.3 is 6.03 Å². The van der Waals surface area contributed by atoms with E-state index < -0.39 is 0 Å². The van der Waals surface area contributed by atoms with Crippen LogP contribution >= 0.6 is 0 Å². The van der Waals surface area contributed by atoms with Gasteiger partial charge < -0.3 is 19.7 Å². The first-order valence-corrected chi connectivity index (χ1v) is 6.68. The zero-order valence-electron chi connectivity index (χ0n) is 12.9. The molecule has 0 saturated carbocycles. The van der Waals surface area contributed by atoms with E-state index in [4.69, 9.17) is 9.47 Å². The van der Waals surface area contributed by atoms with Gasteiger partial charge in [-0.15, -0.1) is 0 Å². The summed E-state index contributed by atoms with van der Waals surface area (Å²) in [6, 6.07) is 5.56. The van der Waals surface area contributed by atoms with Gasteiger partial charge in [-0.3, -0.25) is 0 Å². The van der Waals surface area contributed by atoms with Crippen LogP contribution in [0.4, 0.5) is 4.79 Å². The second-order valence-electron chi connectivity index (χ2n) is 5.05. The molecule has 2 amide bonds. The third kappa shape index (κ3) is 4.64. The van der Waals surface area contributed by atoms with Gasteiger partial charge in [0.15, 0.2) is 0 Å². The van der Waals surface area contributed by atoms with Crippen LogP contribution in [-0.2, 0) is 6.54 Å². The predicted molar refractivity (Wildman–Crippen MR) is 79.2 cm³/mol. The lowest BCUT2D eigenvalue weighted by Gasteiger charge is -2.24. The van der Waals surface area contributed by atoms with E-state index in [0.717, 1.165) is 17.1 Å². The second-order valence-corrected chi connectivity index (χ2v) is 5.05. The number of methoxy groups -OCH3 is 2. The third-order valence-electron chi connectivity index (χ3n) is 2.87. The molecule has 0 spiro atoms. The van der Waals surface area contributed by atoms with Gasteiger partial charge in [0, 0.05) is 26.2 Å². The molecule has 1 rings (SSSR count). The topological polar surface area (TPSA) is 50.8 Å². The molecule has 0 bridgehead atoms. The number of benzene rings is 1. The van der Waals surface area contributed by atoms with Crippen LogP contribution in [0.2, 0.25) is 0 Å². The number of ether oxygens (including phenoxy) is 2. The Labute approximate surface area is 120 Å². The molecule has 1 aromatic rings. The first kappa shape index (κ1) is 16.1. The highest BCUT2D eigenvalue weighted by molar-refractivity contribution is 5.73. The van der Waals surface area contributed by atoms with Crippen LogP contribution in [0.25, 0.3) is 0 Å². The molecule has 0 aliphatic heterocycles. The van der Waals surface area contributed by atoms with E-state index in [-0.39, 0.29) is 6.03 Å². The molecule has 112 valence electrons. The fourth-order valence-electron chi connectivity index (χ4n) is 2.00. The number of carbonyl (C=O) groups is 1. The summed E-state index contributed by atoms with van der Waals surface area (Å²) in [4.78, 5) is 13.7. The van der Waals surface area contributed by atoms with Crippen LogP contribution in [-0.4, -0.2) is 38.7 Å². The summed E-state index contributed by atoms with van der Waals surface area (Å²) in [6.45, 7) is 5.38. The number of nitrogens with zero attached hydrogens (tertiary/aromatic N) is 1. The molecular formula is C15H24N2O3. The van der Waals surface area contributed by atoms with Crippen molar-refractivity contribution in [3.05, 3.63) is 23.8 Å². The van der Waals surface area contributed by atoms with Gasteiger partial charge in [-0.05, 0) is 23.6 Å². The van der Waals surface area contributed by atoms with E-state index in [1.54, 1.807) is 26.2 Å². The molecule has 0 radical (unpaired) electrons. The summed E-state index contributed by atoms with van der Waals surface area (Å²) in [6.07, 6.45) is 0. The molecule has 1 N–H and O–H groups in total. The molecule has 20 heavy (non-hydrogen) atoms. The van der Waals surface area contributed by atoms with Crippen molar-refractivity contribution in [2.45, 2.75) is 20.4 Å². The molecule has 0 unspecified atom stereocenters. The second kappa shape index (κ2) is 7.62. The molecule has 0 saturated heterocycles. The summed E-state index contributed by atoms with van der Waals surface area (Å²) in [5, 5.41) is 2.67. The molecule has 1 aromatic carbocycles. The fourth-order valence-corrected chi connectivity index (χ4v) is 2.00. The number of nitrogens with one attached hydrogen (secondary N) is 1. The molecule has 5 heteroatoms. The molecule has 0 heterocycles. The highest BCUT2D eigenvalue weighted by atomic mass is 16.5. The van der Waals surface area contributed by atoms with Crippen LogP contribution in [0.15, 0.2) is 18.2 Å². The zero-order chi connectivity index (χ0) is 15.1. The summed E-state index contributed by atoms with van der Waals surface area (Å²) >= 11 is 0. The van der Waals surface area contributed by atoms with Crippen molar-refractivity contribution in [3.8, 4) is 11.5 Å². The smallest absolute Gasteiger partial charge is 0.317 e. The van der Waals surface area contributed by atoms with Crippen molar-refractivity contribution >= 4 is 6.03 Å². The van der Waals surface area contributed by atoms with Gasteiger partial charge in [-0.1, -0.05) is 13.8 Å². The lowest BCUT2D eigenvalue weighted by atomic mass is 10.1. The van der Waals surface area contributed by atoms with Gasteiger partial charge in [0.25, 0.3) is 0 Å². The summed E-state index contributed by atoms with van der Waals surface area (Å²) in [5.74, 6) is 1.85. The van der Waals surface area contributed by atoms with Gasteiger partial charge in [0.2, 0.25) is 0 Å². The van der Waals surface area contributed by atoms with Crippen LogP contribution in [0.1, 0.15) is 19.4 Å². The molecular weight excluding hydrogens is 256 g/mol. The molecule has 0 aliphatic carbocycles. The minimum absolute atomic E-state index is 0.0829. The number of amides is 2. The SMILES string of the molecule is CNC(=O)N(Cc1cc(OC)cc(OC)c1)CC(C)C. The van der Waals surface area contributed by atoms with Gasteiger partial charge in [-0.25, -0.2) is 4.79 Å². The zero-order valence-corrected chi connectivity index (χ0v) is 12.9. The number of urea groups is 1. The molecule has 0 aromatic heterocycles. The van der Waals surface area contributed by atoms with E-state index in [0.29, 0.717) is 19.0 Å². The maximum atomic E-state index is 11.9. The molecule has 0 fully saturated rings. The lowest BCUT2D eigenvalue weighted by molar-refractivity contribution is 0.190. The highest BCUT2D eigenvalue weighted by Gasteiger charge is 2.15. The Morgan fingerprint density at radius 2 is 1.75 bits per heavy atom. The standard InChI is InChI=1S/C15H24N2O3/c1-11(2)9-17(15(18)16-3)10-12-6-13(19-4)8-14(7-12)20-5/h6-8,11H,9-10H2,1-5H3,(H,16,18). The molecule has 0 aliphatic rings. The number of carbonyl (C=O) groups excluding carboxylic acids is 1. The molecule has 5 nitrogen and oxygen atoms in total. The highest BCUT2D eigenvalue weighted by Crippen LogP contribution is 2.23. The van der Waals surface area contributed by atoms with Gasteiger partial charge in [0.05, 0.1) is 14.2 Å². The maximum Gasteiger partial charge on any atom is 0.317 e. The van der Waals surface area contributed by atoms with Gasteiger partial charge in [0.1, 0.15) is 11.5 Å². The fraction of sp³-hybridized carbons (Fsp3) is 0.533. The Morgan fingerprint density at radius 3 is 2.15 bits per heavy atom. The molecule has 0 atom stereocenters. The van der Waals surface area contributed by atoms with Crippen molar-refractivity contribution in [1.29, 1.82) is 0 Å². The Hall–Kier alpha value is -1.91. The minimum Gasteiger partial charge on any atom is -0.497 e. The Kier molecular flexibility index (Phi) is 6.15. The average molecular weight is 280 g/mol. The quantitative estimate of drug-likeness (QED) is 0.871. The van der Waals surface area contributed by atoms with Crippen LogP contribution in [0.5, 0.6) is 11.5 Å². The summed E-state index contributed by atoms with van der Waals surface area (Å²) < 4.78 is 10.5. The summed E-state index contributed by atoms with van der Waals surface area (Å²) in [7, 11) is 4.87. The van der Waals surface area contributed by atoms with Crippen molar-refractivity contribution in [2.75, 3.05) is 27.8 Å². The van der Waals surface area contributed by atoms with Crippen molar-refractivity contribution < 1.29 is 14.3 Å². The lowest BCUT2D eigenvalue weighted by Crippen LogP contribution is -2.39. The van der Waals surface area contributed by atoms with E-state index in [1.165, 1.54) is 0 Å². The van der Waals surface area contributed by atoms with Crippen LogP contribution in [0, 0.1) is 5.92 Å². The maximum absolute atomic E-state index is 11.9. The number of hydrogen-bond acceptors (Lipinski definition) is 3. The first-order chi connectivity index (χ1) is 9.49. The van der Waals surface area contributed by atoms with Crippen LogP contribution in [0.3, 0.4) is 0 Å². The average Bonchev–Trinajstić information content (AvgIpc) is 2.44. The summed E-state index contributed by atoms with van der Waals surface area (Å²) in [5.41, 5.74) is 0.977. The van der Waals surface area contributed by atoms with E-state index in [2.05, 4.69) is 19.2 Å². The number of hydrogen-bond donors (Lipinski definition) is 1. The predicted octanol–water partition coefficient (Wildman–Crippen LogP) is 2.50. The number of rotatable bonds is 6. The Morgan fingerprint density at radius 1 is 1.20 bits per heavy atom. The van der Waals surface area contributed by atoms with Crippen molar-refractivity contribution in [3.63, 3.8) is 0 Å². The largest absolute Gasteiger partial charge is 0.497 e.